The van der Waals surface area contributed by atoms with Crippen LogP contribution in [0.1, 0.15) is 31.1 Å². The Kier molecular flexibility index (Phi) is 6.22. The van der Waals surface area contributed by atoms with Crippen LogP contribution in [-0.2, 0) is 11.8 Å². The minimum atomic E-state index is -0.935. The Hall–Kier alpha value is -3.97. The van der Waals surface area contributed by atoms with Crippen LogP contribution >= 0.6 is 0 Å². The Bertz CT molecular complexity index is 1330. The lowest BCUT2D eigenvalue weighted by Crippen LogP contribution is -2.58. The number of carboxylic acid groups (broad SMARTS) is 1. The number of aliphatic carboxylic acids is 1. The summed E-state index contributed by atoms with van der Waals surface area (Å²) in [5, 5.41) is 19.4. The molecule has 3 atom stereocenters. The Labute approximate surface area is 196 Å². The van der Waals surface area contributed by atoms with Crippen molar-refractivity contribution in [1.82, 2.24) is 19.4 Å². The second-order valence-corrected chi connectivity index (χ2v) is 8.51. The molecular weight excluding hydrogens is 436 g/mol. The first kappa shape index (κ1) is 23.2. The standard InChI is InChI=1S/C24H26N6O4/c1-14-13-30(22-20-19(28(3)24(33)27-22)10-7-17(11-25)26-20)15(2)12-29(14)21(23(31)32)16-5-8-18(34-4)9-6-16/h5-10,14-15,21H,12-13H2,1-4H3,(H,31,32)/t14-,15+,21?/m1/s1. The maximum absolute atomic E-state index is 12.6. The number of aromatic nitrogens is 3. The molecule has 1 aliphatic heterocycles. The lowest BCUT2D eigenvalue weighted by atomic mass is 9.99. The van der Waals surface area contributed by atoms with E-state index in [1.165, 1.54) is 4.57 Å². The molecule has 3 heterocycles. The minimum absolute atomic E-state index is 0.161. The second-order valence-electron chi connectivity index (χ2n) is 8.51. The van der Waals surface area contributed by atoms with Crippen molar-refractivity contribution in [3.05, 3.63) is 58.1 Å². The molecule has 3 aromatic rings. The number of rotatable bonds is 5. The summed E-state index contributed by atoms with van der Waals surface area (Å²) in [4.78, 5) is 37.5. The van der Waals surface area contributed by atoms with E-state index in [-0.39, 0.29) is 17.8 Å². The van der Waals surface area contributed by atoms with E-state index in [0.29, 0.717) is 41.3 Å². The molecular formula is C24H26N6O4. The van der Waals surface area contributed by atoms with E-state index in [1.807, 2.05) is 29.7 Å². The predicted octanol–water partition coefficient (Wildman–Crippen LogP) is 1.93. The molecule has 1 aromatic carbocycles. The van der Waals surface area contributed by atoms with Crippen molar-refractivity contribution in [3.8, 4) is 11.8 Å². The van der Waals surface area contributed by atoms with Crippen LogP contribution in [-0.4, -0.2) is 62.8 Å². The first-order valence-corrected chi connectivity index (χ1v) is 10.9. The summed E-state index contributed by atoms with van der Waals surface area (Å²) in [5.74, 6) is 0.132. The van der Waals surface area contributed by atoms with Crippen molar-refractivity contribution in [1.29, 1.82) is 5.26 Å². The minimum Gasteiger partial charge on any atom is -0.497 e. The Morgan fingerprint density at radius 2 is 1.85 bits per heavy atom. The van der Waals surface area contributed by atoms with Gasteiger partial charge < -0.3 is 14.7 Å². The zero-order valence-electron chi connectivity index (χ0n) is 19.5. The molecule has 0 aliphatic carbocycles. The van der Waals surface area contributed by atoms with Crippen molar-refractivity contribution in [2.45, 2.75) is 32.0 Å². The molecule has 176 valence electrons. The number of nitriles is 1. The first-order valence-electron chi connectivity index (χ1n) is 10.9. The van der Waals surface area contributed by atoms with Gasteiger partial charge in [0.05, 0.1) is 12.6 Å². The maximum atomic E-state index is 12.6. The highest BCUT2D eigenvalue weighted by molar-refractivity contribution is 5.86. The van der Waals surface area contributed by atoms with Gasteiger partial charge in [-0.25, -0.2) is 9.78 Å². The zero-order valence-corrected chi connectivity index (χ0v) is 19.5. The summed E-state index contributed by atoms with van der Waals surface area (Å²) in [6, 6.07) is 11.2. The molecule has 1 N–H and O–H groups in total. The third-order valence-corrected chi connectivity index (χ3v) is 6.35. The number of aryl methyl sites for hydroxylation is 1. The number of pyridine rings is 1. The zero-order chi connectivity index (χ0) is 24.6. The number of hydrogen-bond donors (Lipinski definition) is 1. The van der Waals surface area contributed by atoms with Gasteiger partial charge in [0, 0.05) is 32.2 Å². The fourth-order valence-corrected chi connectivity index (χ4v) is 4.54. The molecule has 1 fully saturated rings. The lowest BCUT2D eigenvalue weighted by Gasteiger charge is -2.46. The van der Waals surface area contributed by atoms with Gasteiger partial charge in [0.1, 0.15) is 29.1 Å². The number of anilines is 1. The largest absolute Gasteiger partial charge is 0.497 e. The van der Waals surface area contributed by atoms with Gasteiger partial charge in [0.15, 0.2) is 5.82 Å². The molecule has 1 aliphatic rings. The van der Waals surface area contributed by atoms with E-state index >= 15 is 0 Å². The van der Waals surface area contributed by atoms with Gasteiger partial charge in [-0.05, 0) is 43.7 Å². The van der Waals surface area contributed by atoms with Crippen LogP contribution in [0.4, 0.5) is 5.82 Å². The van der Waals surface area contributed by atoms with E-state index in [2.05, 4.69) is 9.97 Å². The molecule has 34 heavy (non-hydrogen) atoms. The van der Waals surface area contributed by atoms with Crippen LogP contribution in [0.15, 0.2) is 41.2 Å². The van der Waals surface area contributed by atoms with Gasteiger partial charge in [-0.2, -0.15) is 10.2 Å². The molecule has 1 unspecified atom stereocenters. The third kappa shape index (κ3) is 4.06. The topological polar surface area (TPSA) is 125 Å². The highest BCUT2D eigenvalue weighted by Crippen LogP contribution is 2.32. The lowest BCUT2D eigenvalue weighted by molar-refractivity contribution is -0.145. The van der Waals surface area contributed by atoms with Gasteiger partial charge in [-0.3, -0.25) is 14.3 Å². The SMILES string of the molecule is COc1ccc(C(C(=O)O)N2C[C@H](C)N(c3nc(=O)n(C)c4ccc(C#N)nc34)C[C@H]2C)cc1. The summed E-state index contributed by atoms with van der Waals surface area (Å²) in [5.41, 5.74) is 1.53. The van der Waals surface area contributed by atoms with Gasteiger partial charge in [-0.1, -0.05) is 12.1 Å². The third-order valence-electron chi connectivity index (χ3n) is 6.35. The van der Waals surface area contributed by atoms with Gasteiger partial charge in [-0.15, -0.1) is 0 Å². The van der Waals surface area contributed by atoms with Crippen LogP contribution in [0.3, 0.4) is 0 Å². The second kappa shape index (κ2) is 9.11. The van der Waals surface area contributed by atoms with Crippen LogP contribution in [0.2, 0.25) is 0 Å². The normalized spacial score (nSPS) is 19.6. The molecule has 0 amide bonds. The molecule has 0 spiro atoms. The number of nitrogens with zero attached hydrogens (tertiary/aromatic N) is 6. The van der Waals surface area contributed by atoms with E-state index in [1.54, 1.807) is 50.6 Å². The smallest absolute Gasteiger partial charge is 0.349 e. The Balaban J connectivity index is 1.71. The number of piperazine rings is 1. The van der Waals surface area contributed by atoms with Crippen LogP contribution in [0.25, 0.3) is 11.0 Å². The van der Waals surface area contributed by atoms with Crippen molar-refractivity contribution in [2.24, 2.45) is 7.05 Å². The van der Waals surface area contributed by atoms with Crippen molar-refractivity contribution < 1.29 is 14.6 Å². The van der Waals surface area contributed by atoms with Crippen LogP contribution in [0, 0.1) is 11.3 Å². The van der Waals surface area contributed by atoms with Gasteiger partial charge in [0.2, 0.25) is 0 Å². The predicted molar refractivity (Wildman–Crippen MR) is 126 cm³/mol. The van der Waals surface area contributed by atoms with E-state index < -0.39 is 17.7 Å². The molecule has 0 bridgehead atoms. The molecule has 10 heteroatoms. The van der Waals surface area contributed by atoms with Gasteiger partial charge in [0.25, 0.3) is 0 Å². The van der Waals surface area contributed by atoms with E-state index in [9.17, 15) is 20.0 Å². The van der Waals surface area contributed by atoms with Crippen LogP contribution in [0.5, 0.6) is 5.75 Å². The summed E-state index contributed by atoms with van der Waals surface area (Å²) >= 11 is 0. The number of ether oxygens (including phenoxy) is 1. The van der Waals surface area contributed by atoms with E-state index in [4.69, 9.17) is 4.74 Å². The van der Waals surface area contributed by atoms with Crippen molar-refractivity contribution >= 4 is 22.8 Å². The Morgan fingerprint density at radius 1 is 1.15 bits per heavy atom. The number of fused-ring (bicyclic) bond motifs is 1. The first-order chi connectivity index (χ1) is 16.2. The molecule has 4 rings (SSSR count). The fourth-order valence-electron chi connectivity index (χ4n) is 4.54. The average Bonchev–Trinajstić information content (AvgIpc) is 2.83. The molecule has 1 saturated heterocycles. The maximum Gasteiger partial charge on any atom is 0.349 e. The monoisotopic (exact) mass is 462 g/mol. The highest BCUT2D eigenvalue weighted by Gasteiger charge is 2.38. The number of carbonyl (C=O) groups is 1. The van der Waals surface area contributed by atoms with Crippen LogP contribution < -0.4 is 15.3 Å². The number of carboxylic acids is 1. The number of benzene rings is 1. The van der Waals surface area contributed by atoms with E-state index in [0.717, 1.165) is 0 Å². The number of methoxy groups -OCH3 is 1. The summed E-state index contributed by atoms with van der Waals surface area (Å²) < 4.78 is 6.60. The van der Waals surface area contributed by atoms with Crippen molar-refractivity contribution in [2.75, 3.05) is 25.1 Å². The molecule has 2 aromatic heterocycles. The fraction of sp³-hybridized carbons (Fsp3) is 0.375. The summed E-state index contributed by atoms with van der Waals surface area (Å²) in [6.45, 7) is 4.79. The Morgan fingerprint density at radius 3 is 2.47 bits per heavy atom. The van der Waals surface area contributed by atoms with Gasteiger partial charge >= 0.3 is 11.7 Å². The molecule has 0 saturated carbocycles. The molecule has 0 radical (unpaired) electrons. The average molecular weight is 463 g/mol. The molecule has 10 nitrogen and oxygen atoms in total. The summed E-state index contributed by atoms with van der Waals surface area (Å²) in [6.07, 6.45) is 0. The highest BCUT2D eigenvalue weighted by atomic mass is 16.5. The number of hydrogen-bond acceptors (Lipinski definition) is 8. The summed E-state index contributed by atoms with van der Waals surface area (Å²) in [7, 11) is 3.18. The van der Waals surface area contributed by atoms with Crippen molar-refractivity contribution in [3.63, 3.8) is 0 Å². The quantitative estimate of drug-likeness (QED) is 0.605.